The summed E-state index contributed by atoms with van der Waals surface area (Å²) in [6.45, 7) is 6.58. The van der Waals surface area contributed by atoms with Gasteiger partial charge < -0.3 is 11.1 Å². The Morgan fingerprint density at radius 1 is 1.58 bits per heavy atom. The predicted molar refractivity (Wildman–Crippen MR) is 72.7 cm³/mol. The Balaban J connectivity index is 2.01. The summed E-state index contributed by atoms with van der Waals surface area (Å²) in [5.74, 6) is 1.71. The largest absolute Gasteiger partial charge is 0.343 e. The van der Waals surface area contributed by atoms with E-state index in [1.54, 1.807) is 0 Å². The number of hydrogen-bond acceptors (Lipinski definition) is 4. The zero-order valence-corrected chi connectivity index (χ0v) is 11.9. The molecule has 6 nitrogen and oxygen atoms in total. The summed E-state index contributed by atoms with van der Waals surface area (Å²) in [6, 6.07) is 0. The second-order valence-electron chi connectivity index (χ2n) is 6.14. The van der Waals surface area contributed by atoms with Crippen LogP contribution in [0.3, 0.4) is 0 Å². The van der Waals surface area contributed by atoms with Crippen LogP contribution in [0.4, 0.5) is 0 Å². The summed E-state index contributed by atoms with van der Waals surface area (Å²) in [5.41, 5.74) is 5.37. The third kappa shape index (κ3) is 3.53. The van der Waals surface area contributed by atoms with Gasteiger partial charge in [-0.2, -0.15) is 0 Å². The number of nitrogens with zero attached hydrogens (tertiary/aromatic N) is 2. The maximum atomic E-state index is 12.1. The van der Waals surface area contributed by atoms with Crippen LogP contribution in [-0.4, -0.2) is 33.2 Å². The SMILES string of the molecule is CC(C)CC(C)(CN)NC(=O)c1n[nH]c(C2CC2)n1. The van der Waals surface area contributed by atoms with E-state index >= 15 is 0 Å². The van der Waals surface area contributed by atoms with Crippen LogP contribution >= 0.6 is 0 Å². The molecule has 1 aromatic heterocycles. The molecule has 0 spiro atoms. The van der Waals surface area contributed by atoms with Crippen LogP contribution in [0.15, 0.2) is 0 Å². The fourth-order valence-electron chi connectivity index (χ4n) is 2.33. The lowest BCUT2D eigenvalue weighted by Gasteiger charge is -2.30. The van der Waals surface area contributed by atoms with Crippen LogP contribution < -0.4 is 11.1 Å². The summed E-state index contributed by atoms with van der Waals surface area (Å²) < 4.78 is 0. The highest BCUT2D eigenvalue weighted by molar-refractivity contribution is 5.90. The number of H-pyrrole nitrogens is 1. The maximum Gasteiger partial charge on any atom is 0.291 e. The van der Waals surface area contributed by atoms with Crippen LogP contribution in [-0.2, 0) is 0 Å². The van der Waals surface area contributed by atoms with Gasteiger partial charge in [-0.05, 0) is 32.1 Å². The van der Waals surface area contributed by atoms with Crippen LogP contribution in [0.2, 0.25) is 0 Å². The van der Waals surface area contributed by atoms with Crippen molar-refractivity contribution in [2.75, 3.05) is 6.54 Å². The van der Waals surface area contributed by atoms with Crippen LogP contribution in [0.1, 0.15) is 62.4 Å². The Morgan fingerprint density at radius 2 is 2.26 bits per heavy atom. The quantitative estimate of drug-likeness (QED) is 0.719. The van der Waals surface area contributed by atoms with Crippen molar-refractivity contribution in [2.45, 2.75) is 51.5 Å². The monoisotopic (exact) mass is 265 g/mol. The Bertz CT molecular complexity index is 452. The smallest absolute Gasteiger partial charge is 0.291 e. The summed E-state index contributed by atoms with van der Waals surface area (Å²) in [5, 5.41) is 9.78. The van der Waals surface area contributed by atoms with Gasteiger partial charge in [0.2, 0.25) is 5.82 Å². The highest BCUT2D eigenvalue weighted by Gasteiger charge is 2.30. The molecule has 1 aliphatic rings. The van der Waals surface area contributed by atoms with Gasteiger partial charge in [0.1, 0.15) is 5.82 Å². The van der Waals surface area contributed by atoms with E-state index in [9.17, 15) is 4.79 Å². The number of carbonyl (C=O) groups is 1. The molecular formula is C13H23N5O. The molecule has 1 heterocycles. The van der Waals surface area contributed by atoms with E-state index in [2.05, 4.69) is 34.3 Å². The molecule has 1 aliphatic carbocycles. The number of rotatable bonds is 6. The fraction of sp³-hybridized carbons (Fsp3) is 0.769. The highest BCUT2D eigenvalue weighted by atomic mass is 16.2. The molecule has 1 aromatic rings. The number of nitrogens with two attached hydrogens (primary N) is 1. The minimum atomic E-state index is -0.411. The lowest BCUT2D eigenvalue weighted by molar-refractivity contribution is 0.0888. The van der Waals surface area contributed by atoms with Gasteiger partial charge in [0.05, 0.1) is 5.54 Å². The van der Waals surface area contributed by atoms with E-state index in [1.807, 2.05) is 6.92 Å². The normalized spacial score (nSPS) is 18.4. The number of carbonyl (C=O) groups excluding carboxylic acids is 1. The molecule has 1 unspecified atom stereocenters. The van der Waals surface area contributed by atoms with Crippen molar-refractivity contribution in [3.05, 3.63) is 11.6 Å². The molecular weight excluding hydrogens is 242 g/mol. The average molecular weight is 265 g/mol. The minimum absolute atomic E-state index is 0.213. The molecule has 0 aliphatic heterocycles. The molecule has 0 aromatic carbocycles. The molecule has 0 bridgehead atoms. The fourth-order valence-corrected chi connectivity index (χ4v) is 2.33. The minimum Gasteiger partial charge on any atom is -0.343 e. The van der Waals surface area contributed by atoms with Gasteiger partial charge in [-0.1, -0.05) is 13.8 Å². The van der Waals surface area contributed by atoms with E-state index < -0.39 is 5.54 Å². The summed E-state index contributed by atoms with van der Waals surface area (Å²) >= 11 is 0. The molecule has 2 rings (SSSR count). The molecule has 19 heavy (non-hydrogen) atoms. The second-order valence-corrected chi connectivity index (χ2v) is 6.14. The summed E-state index contributed by atoms with van der Waals surface area (Å²) in [4.78, 5) is 16.4. The maximum absolute atomic E-state index is 12.1. The molecule has 1 saturated carbocycles. The van der Waals surface area contributed by atoms with Crippen molar-refractivity contribution in [1.82, 2.24) is 20.5 Å². The van der Waals surface area contributed by atoms with E-state index in [4.69, 9.17) is 5.73 Å². The number of aromatic amines is 1. The zero-order valence-electron chi connectivity index (χ0n) is 11.9. The molecule has 1 amide bonds. The van der Waals surface area contributed by atoms with Gasteiger partial charge in [0.15, 0.2) is 0 Å². The Morgan fingerprint density at radius 3 is 2.79 bits per heavy atom. The molecule has 0 radical (unpaired) electrons. The lowest BCUT2D eigenvalue weighted by atomic mass is 9.90. The first-order valence-electron chi connectivity index (χ1n) is 6.88. The molecule has 0 saturated heterocycles. The Hall–Kier alpha value is -1.43. The predicted octanol–water partition coefficient (Wildman–Crippen LogP) is 1.18. The van der Waals surface area contributed by atoms with Crippen molar-refractivity contribution < 1.29 is 4.79 Å². The van der Waals surface area contributed by atoms with Crippen LogP contribution in [0.25, 0.3) is 0 Å². The first-order chi connectivity index (χ1) is 8.93. The van der Waals surface area contributed by atoms with Crippen molar-refractivity contribution in [3.8, 4) is 0 Å². The average Bonchev–Trinajstić information content (AvgIpc) is 3.06. The standard InChI is InChI=1S/C13H23N5O/c1-8(2)6-13(3,7-14)16-12(19)11-15-10(17-18-11)9-4-5-9/h8-9H,4-7,14H2,1-3H3,(H,16,19)(H,15,17,18). The molecule has 6 heteroatoms. The van der Waals surface area contributed by atoms with Gasteiger partial charge in [0.25, 0.3) is 5.91 Å². The van der Waals surface area contributed by atoms with Crippen molar-refractivity contribution in [2.24, 2.45) is 11.7 Å². The van der Waals surface area contributed by atoms with Gasteiger partial charge in [-0.25, -0.2) is 4.98 Å². The Labute approximate surface area is 113 Å². The van der Waals surface area contributed by atoms with E-state index in [1.165, 1.54) is 0 Å². The van der Waals surface area contributed by atoms with Crippen LogP contribution in [0, 0.1) is 5.92 Å². The highest BCUT2D eigenvalue weighted by Crippen LogP contribution is 2.37. The van der Waals surface area contributed by atoms with Gasteiger partial charge in [-0.15, -0.1) is 5.10 Å². The van der Waals surface area contributed by atoms with Gasteiger partial charge >= 0.3 is 0 Å². The van der Waals surface area contributed by atoms with E-state index in [0.717, 1.165) is 25.1 Å². The number of aromatic nitrogens is 3. The number of nitrogens with one attached hydrogen (secondary N) is 2. The molecule has 1 fully saturated rings. The van der Waals surface area contributed by atoms with Gasteiger partial charge in [0, 0.05) is 12.5 Å². The van der Waals surface area contributed by atoms with Gasteiger partial charge in [-0.3, -0.25) is 9.89 Å². The lowest BCUT2D eigenvalue weighted by Crippen LogP contribution is -2.52. The zero-order chi connectivity index (χ0) is 14.0. The molecule has 1 atom stereocenters. The van der Waals surface area contributed by atoms with Crippen molar-refractivity contribution >= 4 is 5.91 Å². The number of amides is 1. The Kier molecular flexibility index (Phi) is 3.89. The third-order valence-electron chi connectivity index (χ3n) is 3.39. The second kappa shape index (κ2) is 5.28. The molecule has 4 N–H and O–H groups in total. The first-order valence-corrected chi connectivity index (χ1v) is 6.88. The summed E-state index contributed by atoms with van der Waals surface area (Å²) in [7, 11) is 0. The third-order valence-corrected chi connectivity index (χ3v) is 3.39. The summed E-state index contributed by atoms with van der Waals surface area (Å²) in [6.07, 6.45) is 3.09. The van der Waals surface area contributed by atoms with Crippen LogP contribution in [0.5, 0.6) is 0 Å². The first kappa shape index (κ1) is 14.0. The molecule has 106 valence electrons. The van der Waals surface area contributed by atoms with E-state index in [0.29, 0.717) is 18.4 Å². The topological polar surface area (TPSA) is 96.7 Å². The number of hydrogen-bond donors (Lipinski definition) is 3. The van der Waals surface area contributed by atoms with Crippen molar-refractivity contribution in [3.63, 3.8) is 0 Å². The van der Waals surface area contributed by atoms with Crippen molar-refractivity contribution in [1.29, 1.82) is 0 Å². The van der Waals surface area contributed by atoms with E-state index in [-0.39, 0.29) is 11.7 Å².